The van der Waals surface area contributed by atoms with Crippen LogP contribution in [0.5, 0.6) is 5.75 Å². The van der Waals surface area contributed by atoms with Crippen LogP contribution in [-0.4, -0.2) is 22.1 Å². The number of nitrogens with one attached hydrogen (secondary N) is 1. The highest BCUT2D eigenvalue weighted by Gasteiger charge is 2.18. The van der Waals surface area contributed by atoms with Crippen molar-refractivity contribution in [3.8, 4) is 18.1 Å². The van der Waals surface area contributed by atoms with Crippen LogP contribution in [0.2, 0.25) is 0 Å². The molecule has 0 aliphatic heterocycles. The van der Waals surface area contributed by atoms with Gasteiger partial charge in [-0.25, -0.2) is 8.42 Å². The second-order valence-corrected chi connectivity index (χ2v) is 4.67. The highest BCUT2D eigenvalue weighted by molar-refractivity contribution is 7.89. The van der Waals surface area contributed by atoms with Crippen LogP contribution in [0.3, 0.4) is 0 Å². The maximum absolute atomic E-state index is 11.8. The lowest BCUT2D eigenvalue weighted by atomic mass is 10.3. The summed E-state index contributed by atoms with van der Waals surface area (Å²) in [5.74, 6) is 2.37. The first-order valence-electron chi connectivity index (χ1n) is 4.38. The maximum atomic E-state index is 11.8. The number of hydrogen-bond donors (Lipinski definition) is 2. The minimum Gasteiger partial charge on any atom is -0.495 e. The largest absolute Gasteiger partial charge is 0.495 e. The lowest BCUT2D eigenvalue weighted by Gasteiger charge is -2.09. The van der Waals surface area contributed by atoms with Gasteiger partial charge in [-0.1, -0.05) is 5.92 Å². The summed E-state index contributed by atoms with van der Waals surface area (Å²) in [6, 6.07) is 4.28. The van der Waals surface area contributed by atoms with Gasteiger partial charge in [-0.3, -0.25) is 0 Å². The van der Waals surface area contributed by atoms with E-state index in [0.717, 1.165) is 0 Å². The first-order chi connectivity index (χ1) is 7.51. The van der Waals surface area contributed by atoms with Gasteiger partial charge in [-0.15, -0.1) is 6.42 Å². The summed E-state index contributed by atoms with van der Waals surface area (Å²) in [6.45, 7) is -0.0735. The van der Waals surface area contributed by atoms with Gasteiger partial charge in [0.25, 0.3) is 0 Å². The molecular formula is C10H12N2O3S. The Morgan fingerprint density at radius 1 is 1.56 bits per heavy atom. The fourth-order valence-corrected chi connectivity index (χ4v) is 2.20. The van der Waals surface area contributed by atoms with Gasteiger partial charge in [-0.05, 0) is 12.1 Å². The predicted octanol–water partition coefficient (Wildman–Crippen LogP) is 0.189. The van der Waals surface area contributed by atoms with Gasteiger partial charge in [0, 0.05) is 11.8 Å². The fraction of sp³-hybridized carbons (Fsp3) is 0.200. The van der Waals surface area contributed by atoms with E-state index in [2.05, 4.69) is 10.6 Å². The van der Waals surface area contributed by atoms with E-state index in [4.69, 9.17) is 16.9 Å². The van der Waals surface area contributed by atoms with Crippen molar-refractivity contribution in [2.45, 2.75) is 4.90 Å². The van der Waals surface area contributed by atoms with Crippen LogP contribution in [-0.2, 0) is 10.0 Å². The van der Waals surface area contributed by atoms with Gasteiger partial charge in [0.1, 0.15) is 10.6 Å². The van der Waals surface area contributed by atoms with Crippen molar-refractivity contribution in [2.24, 2.45) is 0 Å². The smallest absolute Gasteiger partial charge is 0.245 e. The van der Waals surface area contributed by atoms with E-state index in [-0.39, 0.29) is 17.2 Å². The molecule has 86 valence electrons. The van der Waals surface area contributed by atoms with E-state index >= 15 is 0 Å². The molecule has 16 heavy (non-hydrogen) atoms. The van der Waals surface area contributed by atoms with Crippen LogP contribution < -0.4 is 15.2 Å². The summed E-state index contributed by atoms with van der Waals surface area (Å²) in [4.78, 5) is 0.0134. The molecule has 0 spiro atoms. The third kappa shape index (κ3) is 2.66. The first-order valence-corrected chi connectivity index (χ1v) is 5.86. The van der Waals surface area contributed by atoms with E-state index in [0.29, 0.717) is 5.69 Å². The molecule has 0 saturated carbocycles. The summed E-state index contributed by atoms with van der Waals surface area (Å²) < 4.78 is 30.7. The predicted molar refractivity (Wildman–Crippen MR) is 61.4 cm³/mol. The molecular weight excluding hydrogens is 228 g/mol. The van der Waals surface area contributed by atoms with Gasteiger partial charge in [0.15, 0.2) is 0 Å². The zero-order valence-electron chi connectivity index (χ0n) is 8.73. The van der Waals surface area contributed by atoms with Gasteiger partial charge in [-0.2, -0.15) is 4.72 Å². The van der Waals surface area contributed by atoms with Gasteiger partial charge >= 0.3 is 0 Å². The standard InChI is InChI=1S/C10H12N2O3S/c1-3-6-12-16(13,14)10-5-4-8(11)7-9(10)15-2/h1,4-5,7,12H,6,11H2,2H3. The Morgan fingerprint density at radius 3 is 2.81 bits per heavy atom. The van der Waals surface area contributed by atoms with Crippen molar-refractivity contribution in [3.05, 3.63) is 18.2 Å². The third-order valence-electron chi connectivity index (χ3n) is 1.84. The molecule has 3 N–H and O–H groups in total. The minimum atomic E-state index is -3.65. The number of hydrogen-bond acceptors (Lipinski definition) is 4. The van der Waals surface area contributed by atoms with Crippen LogP contribution in [0.1, 0.15) is 0 Å². The molecule has 1 aromatic carbocycles. The zero-order chi connectivity index (χ0) is 12.2. The van der Waals surface area contributed by atoms with Crippen molar-refractivity contribution in [1.29, 1.82) is 0 Å². The van der Waals surface area contributed by atoms with E-state index in [1.54, 1.807) is 0 Å². The topological polar surface area (TPSA) is 81.4 Å². The van der Waals surface area contributed by atoms with Crippen LogP contribution in [0.25, 0.3) is 0 Å². The van der Waals surface area contributed by atoms with Crippen LogP contribution in [0.15, 0.2) is 23.1 Å². The Labute approximate surface area is 94.7 Å². The van der Waals surface area contributed by atoms with Crippen molar-refractivity contribution in [2.75, 3.05) is 19.4 Å². The maximum Gasteiger partial charge on any atom is 0.245 e. The molecule has 0 bridgehead atoms. The van der Waals surface area contributed by atoms with Crippen LogP contribution >= 0.6 is 0 Å². The normalized spacial score (nSPS) is 10.8. The molecule has 0 radical (unpaired) electrons. The van der Waals surface area contributed by atoms with Crippen molar-refractivity contribution >= 4 is 15.7 Å². The Balaban J connectivity index is 3.18. The Bertz CT molecular complexity index is 517. The molecule has 5 nitrogen and oxygen atoms in total. The van der Waals surface area contributed by atoms with Crippen molar-refractivity contribution in [3.63, 3.8) is 0 Å². The molecule has 0 aliphatic carbocycles. The summed E-state index contributed by atoms with van der Waals surface area (Å²) in [5, 5.41) is 0. The van der Waals surface area contributed by atoms with Gasteiger partial charge in [0.2, 0.25) is 10.0 Å². The monoisotopic (exact) mass is 240 g/mol. The average Bonchev–Trinajstić information content (AvgIpc) is 2.26. The molecule has 0 aromatic heterocycles. The molecule has 0 aliphatic rings. The van der Waals surface area contributed by atoms with Crippen LogP contribution in [0.4, 0.5) is 5.69 Å². The van der Waals surface area contributed by atoms with Gasteiger partial charge in [0.05, 0.1) is 13.7 Å². The summed E-state index contributed by atoms with van der Waals surface area (Å²) in [6.07, 6.45) is 4.98. The fourth-order valence-electron chi connectivity index (χ4n) is 1.12. The lowest BCUT2D eigenvalue weighted by Crippen LogP contribution is -2.24. The van der Waals surface area contributed by atoms with Gasteiger partial charge < -0.3 is 10.5 Å². The molecule has 0 saturated heterocycles. The summed E-state index contributed by atoms with van der Waals surface area (Å²) in [5.41, 5.74) is 5.94. The molecule has 0 amide bonds. The number of nitrogens with two attached hydrogens (primary N) is 1. The highest BCUT2D eigenvalue weighted by atomic mass is 32.2. The highest BCUT2D eigenvalue weighted by Crippen LogP contribution is 2.25. The van der Waals surface area contributed by atoms with Crippen molar-refractivity contribution < 1.29 is 13.2 Å². The molecule has 1 rings (SSSR count). The first kappa shape index (κ1) is 12.4. The Hall–Kier alpha value is -1.71. The average molecular weight is 240 g/mol. The van der Waals surface area contributed by atoms with Crippen molar-refractivity contribution in [1.82, 2.24) is 4.72 Å². The molecule has 0 heterocycles. The number of anilines is 1. The Morgan fingerprint density at radius 2 is 2.25 bits per heavy atom. The molecule has 0 unspecified atom stereocenters. The summed E-state index contributed by atoms with van der Waals surface area (Å²) >= 11 is 0. The number of benzene rings is 1. The quantitative estimate of drug-likeness (QED) is 0.581. The van der Waals surface area contributed by atoms with E-state index in [9.17, 15) is 8.42 Å². The second-order valence-electron chi connectivity index (χ2n) is 2.94. The number of ether oxygens (including phenoxy) is 1. The van der Waals surface area contributed by atoms with E-state index in [1.165, 1.54) is 25.3 Å². The number of methoxy groups -OCH3 is 1. The third-order valence-corrected chi connectivity index (χ3v) is 3.28. The molecule has 1 aromatic rings. The Kier molecular flexibility index (Phi) is 3.77. The summed E-state index contributed by atoms with van der Waals surface area (Å²) in [7, 11) is -2.28. The zero-order valence-corrected chi connectivity index (χ0v) is 9.54. The number of rotatable bonds is 4. The van der Waals surface area contributed by atoms with E-state index in [1.807, 2.05) is 0 Å². The lowest BCUT2D eigenvalue weighted by molar-refractivity contribution is 0.402. The van der Waals surface area contributed by atoms with E-state index < -0.39 is 10.0 Å². The second kappa shape index (κ2) is 4.88. The molecule has 6 heteroatoms. The number of terminal acetylenes is 1. The SMILES string of the molecule is C#CCNS(=O)(=O)c1ccc(N)cc1OC. The molecule has 0 atom stereocenters. The van der Waals surface area contributed by atoms with Crippen LogP contribution in [0, 0.1) is 12.3 Å². The number of nitrogen functional groups attached to an aromatic ring is 1. The minimum absolute atomic E-state index is 0.0134. The molecule has 0 fully saturated rings. The number of sulfonamides is 1.